The van der Waals surface area contributed by atoms with Gasteiger partial charge in [0.1, 0.15) is 17.4 Å². The van der Waals surface area contributed by atoms with Crippen molar-refractivity contribution in [3.05, 3.63) is 18.2 Å². The highest BCUT2D eigenvalue weighted by atomic mass is 32.1. The van der Waals surface area contributed by atoms with Crippen molar-refractivity contribution in [3.8, 4) is 5.75 Å². The molecule has 0 aliphatic carbocycles. The fraction of sp³-hybridized carbons (Fsp3) is 0.500. The van der Waals surface area contributed by atoms with Gasteiger partial charge in [-0.1, -0.05) is 31.3 Å². The molecule has 22 heavy (non-hydrogen) atoms. The Labute approximate surface area is 133 Å². The first kappa shape index (κ1) is 15.1. The molecule has 0 radical (unpaired) electrons. The molecule has 2 aromatic rings. The smallest absolute Gasteiger partial charge is 0.306 e. The number of aromatic nitrogens is 1. The summed E-state index contributed by atoms with van der Waals surface area (Å²) in [7, 11) is 1.65. The minimum absolute atomic E-state index is 0.0137. The van der Waals surface area contributed by atoms with Gasteiger partial charge in [-0.25, -0.2) is 4.98 Å². The largest absolute Gasteiger partial charge is 0.494 e. The van der Waals surface area contributed by atoms with E-state index in [1.807, 2.05) is 32.0 Å². The summed E-state index contributed by atoms with van der Waals surface area (Å²) < 4.78 is 11.9. The zero-order valence-electron chi connectivity index (χ0n) is 13.0. The third-order valence-corrected chi connectivity index (χ3v) is 4.66. The third-order valence-electron chi connectivity index (χ3n) is 3.58. The molecule has 0 N–H and O–H groups in total. The normalized spacial score (nSPS) is 15.2. The summed E-state index contributed by atoms with van der Waals surface area (Å²) in [6.07, 6.45) is 0.467. The Balaban J connectivity index is 1.62. The van der Waals surface area contributed by atoms with Crippen molar-refractivity contribution in [1.82, 2.24) is 4.98 Å². The minimum atomic E-state index is -0.106. The van der Waals surface area contributed by atoms with Crippen molar-refractivity contribution in [2.45, 2.75) is 26.4 Å². The summed E-state index contributed by atoms with van der Waals surface area (Å²) in [4.78, 5) is 18.4. The highest BCUT2D eigenvalue weighted by Crippen LogP contribution is 2.35. The molecule has 1 aromatic carbocycles. The number of carbonyl (C=O) groups is 1. The summed E-state index contributed by atoms with van der Waals surface area (Å²) in [6, 6.07) is 5.92. The lowest BCUT2D eigenvalue weighted by atomic mass is 10.1. The van der Waals surface area contributed by atoms with Crippen LogP contribution in [0.2, 0.25) is 0 Å². The summed E-state index contributed by atoms with van der Waals surface area (Å²) in [6.45, 7) is 5.46. The van der Waals surface area contributed by atoms with Crippen LogP contribution >= 0.6 is 11.3 Å². The Bertz CT molecular complexity index is 677. The molecule has 0 unspecified atom stereocenters. The molecule has 0 atom stereocenters. The molecule has 6 heteroatoms. The zero-order valence-corrected chi connectivity index (χ0v) is 13.9. The van der Waals surface area contributed by atoms with Crippen LogP contribution in [0.5, 0.6) is 5.75 Å². The van der Waals surface area contributed by atoms with Gasteiger partial charge < -0.3 is 14.4 Å². The van der Waals surface area contributed by atoms with Crippen LogP contribution in [0.15, 0.2) is 18.2 Å². The molecule has 0 amide bonds. The molecule has 1 aliphatic heterocycles. The Morgan fingerprint density at radius 2 is 2.23 bits per heavy atom. The van der Waals surface area contributed by atoms with E-state index in [1.165, 1.54) is 0 Å². The molecule has 2 heterocycles. The fourth-order valence-corrected chi connectivity index (χ4v) is 3.45. The SMILES string of the molecule is COc1cccc2sc(N3CC(OC(=O)CC(C)C)C3)nc12. The molecule has 0 bridgehead atoms. The lowest BCUT2D eigenvalue weighted by Gasteiger charge is -2.38. The first-order valence-corrected chi connectivity index (χ1v) is 8.26. The number of fused-ring (bicyclic) bond motifs is 1. The molecule has 0 saturated carbocycles. The molecule has 1 aliphatic rings. The van der Waals surface area contributed by atoms with E-state index >= 15 is 0 Å². The van der Waals surface area contributed by atoms with E-state index in [0.29, 0.717) is 25.4 Å². The van der Waals surface area contributed by atoms with Crippen molar-refractivity contribution in [2.75, 3.05) is 25.1 Å². The van der Waals surface area contributed by atoms with Crippen LogP contribution < -0.4 is 9.64 Å². The van der Waals surface area contributed by atoms with Gasteiger partial charge in [-0.2, -0.15) is 0 Å². The Kier molecular flexibility index (Phi) is 4.20. The van der Waals surface area contributed by atoms with Crippen molar-refractivity contribution >= 4 is 32.7 Å². The molecule has 1 aromatic heterocycles. The zero-order chi connectivity index (χ0) is 15.7. The number of esters is 1. The van der Waals surface area contributed by atoms with Gasteiger partial charge in [-0.15, -0.1) is 0 Å². The second-order valence-corrected chi connectivity index (χ2v) is 6.93. The van der Waals surface area contributed by atoms with E-state index in [0.717, 1.165) is 21.1 Å². The lowest BCUT2D eigenvalue weighted by Crippen LogP contribution is -2.53. The highest BCUT2D eigenvalue weighted by molar-refractivity contribution is 7.22. The topological polar surface area (TPSA) is 51.7 Å². The number of nitrogens with zero attached hydrogens (tertiary/aromatic N) is 2. The van der Waals surface area contributed by atoms with E-state index in [2.05, 4.69) is 9.88 Å². The van der Waals surface area contributed by atoms with Crippen LogP contribution in [-0.4, -0.2) is 37.3 Å². The molecule has 1 saturated heterocycles. The minimum Gasteiger partial charge on any atom is -0.494 e. The number of anilines is 1. The molecule has 3 rings (SSSR count). The van der Waals surface area contributed by atoms with Gasteiger partial charge in [0.15, 0.2) is 5.13 Å². The maximum Gasteiger partial charge on any atom is 0.306 e. The van der Waals surface area contributed by atoms with Gasteiger partial charge in [0.05, 0.1) is 24.9 Å². The maximum absolute atomic E-state index is 11.7. The predicted molar refractivity (Wildman–Crippen MR) is 87.7 cm³/mol. The summed E-state index contributed by atoms with van der Waals surface area (Å²) in [5.74, 6) is 1.02. The Morgan fingerprint density at radius 1 is 1.45 bits per heavy atom. The molecule has 5 nitrogen and oxygen atoms in total. The molecule has 0 spiro atoms. The molecule has 118 valence electrons. The second-order valence-electron chi connectivity index (χ2n) is 5.92. The number of ether oxygens (including phenoxy) is 2. The Morgan fingerprint density at radius 3 is 2.91 bits per heavy atom. The molecule has 1 fully saturated rings. The van der Waals surface area contributed by atoms with Gasteiger partial charge >= 0.3 is 5.97 Å². The molecular weight excluding hydrogens is 300 g/mol. The van der Waals surface area contributed by atoms with Gasteiger partial charge in [0, 0.05) is 6.42 Å². The highest BCUT2D eigenvalue weighted by Gasteiger charge is 2.32. The number of benzene rings is 1. The van der Waals surface area contributed by atoms with E-state index < -0.39 is 0 Å². The van der Waals surface area contributed by atoms with Gasteiger partial charge in [-0.05, 0) is 18.1 Å². The standard InChI is InChI=1S/C16H20N2O3S/c1-10(2)7-14(19)21-11-8-18(9-11)16-17-15-12(20-3)5-4-6-13(15)22-16/h4-6,10-11H,7-9H2,1-3H3. The summed E-state index contributed by atoms with van der Waals surface area (Å²) >= 11 is 1.64. The predicted octanol–water partition coefficient (Wildman–Crippen LogP) is 3.08. The van der Waals surface area contributed by atoms with Crippen LogP contribution in [0.4, 0.5) is 5.13 Å². The molecular formula is C16H20N2O3S. The number of carbonyl (C=O) groups excluding carboxylic acids is 1. The number of hydrogen-bond acceptors (Lipinski definition) is 6. The Hall–Kier alpha value is -1.82. The van der Waals surface area contributed by atoms with Crippen LogP contribution in [-0.2, 0) is 9.53 Å². The van der Waals surface area contributed by atoms with Crippen LogP contribution in [0, 0.1) is 5.92 Å². The van der Waals surface area contributed by atoms with Gasteiger partial charge in [-0.3, -0.25) is 4.79 Å². The number of hydrogen-bond donors (Lipinski definition) is 0. The lowest BCUT2D eigenvalue weighted by molar-refractivity contribution is -0.151. The van der Waals surface area contributed by atoms with Crippen molar-refractivity contribution in [1.29, 1.82) is 0 Å². The van der Waals surface area contributed by atoms with Crippen LogP contribution in [0.1, 0.15) is 20.3 Å². The van der Waals surface area contributed by atoms with E-state index in [-0.39, 0.29) is 12.1 Å². The van der Waals surface area contributed by atoms with E-state index in [1.54, 1.807) is 18.4 Å². The number of para-hydroxylation sites is 1. The fourth-order valence-electron chi connectivity index (χ4n) is 2.45. The first-order chi connectivity index (χ1) is 10.6. The van der Waals surface area contributed by atoms with Crippen LogP contribution in [0.3, 0.4) is 0 Å². The van der Waals surface area contributed by atoms with Crippen LogP contribution in [0.25, 0.3) is 10.2 Å². The quantitative estimate of drug-likeness (QED) is 0.793. The number of rotatable bonds is 5. The third kappa shape index (κ3) is 3.02. The van der Waals surface area contributed by atoms with E-state index in [4.69, 9.17) is 9.47 Å². The van der Waals surface area contributed by atoms with Gasteiger partial charge in [0.25, 0.3) is 0 Å². The number of thiazole rings is 1. The maximum atomic E-state index is 11.7. The van der Waals surface area contributed by atoms with Crippen molar-refractivity contribution in [3.63, 3.8) is 0 Å². The second kappa shape index (κ2) is 6.12. The van der Waals surface area contributed by atoms with E-state index in [9.17, 15) is 4.79 Å². The van der Waals surface area contributed by atoms with Crippen molar-refractivity contribution in [2.24, 2.45) is 5.92 Å². The number of methoxy groups -OCH3 is 1. The summed E-state index contributed by atoms with van der Waals surface area (Å²) in [5, 5.41) is 0.954. The average Bonchev–Trinajstić information content (AvgIpc) is 2.84. The first-order valence-electron chi connectivity index (χ1n) is 7.44. The van der Waals surface area contributed by atoms with Gasteiger partial charge in [0.2, 0.25) is 0 Å². The average molecular weight is 320 g/mol. The summed E-state index contributed by atoms with van der Waals surface area (Å²) in [5.41, 5.74) is 0.894. The van der Waals surface area contributed by atoms with Crippen molar-refractivity contribution < 1.29 is 14.3 Å². The monoisotopic (exact) mass is 320 g/mol.